The zero-order chi connectivity index (χ0) is 17.8. The predicted octanol–water partition coefficient (Wildman–Crippen LogP) is 4.33. The maximum Gasteiger partial charge on any atom is 0.165 e. The molecule has 0 bridgehead atoms. The molecule has 1 saturated heterocycles. The number of para-hydroxylation sites is 1. The van der Waals surface area contributed by atoms with Crippen molar-refractivity contribution in [1.82, 2.24) is 4.90 Å². The molecule has 0 atom stereocenters. The van der Waals surface area contributed by atoms with Crippen LogP contribution in [0.25, 0.3) is 0 Å². The van der Waals surface area contributed by atoms with Crippen LogP contribution in [0.15, 0.2) is 42.5 Å². The van der Waals surface area contributed by atoms with Crippen molar-refractivity contribution < 1.29 is 9.13 Å². The van der Waals surface area contributed by atoms with E-state index in [2.05, 4.69) is 40.1 Å². The summed E-state index contributed by atoms with van der Waals surface area (Å²) in [7, 11) is 0. The molecule has 4 rings (SSSR count). The van der Waals surface area contributed by atoms with Gasteiger partial charge >= 0.3 is 0 Å². The fourth-order valence-corrected chi connectivity index (χ4v) is 4.02. The lowest BCUT2D eigenvalue weighted by atomic mass is 10.1. The summed E-state index contributed by atoms with van der Waals surface area (Å²) >= 11 is 0. The van der Waals surface area contributed by atoms with Gasteiger partial charge in [-0.25, -0.2) is 4.39 Å². The van der Waals surface area contributed by atoms with E-state index in [1.54, 1.807) is 6.07 Å². The quantitative estimate of drug-likeness (QED) is 0.683. The highest BCUT2D eigenvalue weighted by Crippen LogP contribution is 2.29. The highest BCUT2D eigenvalue weighted by atomic mass is 35.5. The Morgan fingerprint density at radius 3 is 2.37 bits per heavy atom. The van der Waals surface area contributed by atoms with Crippen molar-refractivity contribution in [2.75, 3.05) is 44.2 Å². The standard InChI is InChI=1S/C22H27FN2O.ClH/c23-21-16-18-6-4-7-19(18)17-22(21)26-15-5-10-24-11-13-25(14-12-24)20-8-2-1-3-9-20;/h1-3,8-9,16-17H,4-7,10-15H2;1H. The number of hydrogen-bond donors (Lipinski definition) is 0. The number of halogens is 2. The molecule has 5 heteroatoms. The highest BCUT2D eigenvalue weighted by Gasteiger charge is 2.17. The summed E-state index contributed by atoms with van der Waals surface area (Å²) < 4.78 is 19.8. The van der Waals surface area contributed by atoms with Gasteiger partial charge in [-0.3, -0.25) is 4.90 Å². The first kappa shape index (κ1) is 20.0. The Bertz CT molecular complexity index is 733. The fraction of sp³-hybridized carbons (Fsp3) is 0.455. The summed E-state index contributed by atoms with van der Waals surface area (Å²) in [5, 5.41) is 0. The number of fused-ring (bicyclic) bond motifs is 1. The van der Waals surface area contributed by atoms with Crippen LogP contribution in [0.3, 0.4) is 0 Å². The van der Waals surface area contributed by atoms with Crippen LogP contribution >= 0.6 is 12.4 Å². The Hall–Kier alpha value is -1.78. The third kappa shape index (κ3) is 4.94. The zero-order valence-corrected chi connectivity index (χ0v) is 16.5. The first-order valence-electron chi connectivity index (χ1n) is 9.76. The summed E-state index contributed by atoms with van der Waals surface area (Å²) in [5.74, 6) is 0.224. The van der Waals surface area contributed by atoms with Gasteiger partial charge in [-0.2, -0.15) is 0 Å². The van der Waals surface area contributed by atoms with E-state index in [9.17, 15) is 4.39 Å². The van der Waals surface area contributed by atoms with Gasteiger partial charge in [0, 0.05) is 38.4 Å². The third-order valence-corrected chi connectivity index (χ3v) is 5.52. The Morgan fingerprint density at radius 1 is 0.926 bits per heavy atom. The molecule has 27 heavy (non-hydrogen) atoms. The van der Waals surface area contributed by atoms with Crippen LogP contribution in [-0.2, 0) is 12.8 Å². The SMILES string of the molecule is Cl.Fc1cc2c(cc1OCCCN1CCN(c3ccccc3)CC1)CCC2. The van der Waals surface area contributed by atoms with Crippen molar-refractivity contribution in [3.8, 4) is 5.75 Å². The normalized spacial score (nSPS) is 16.7. The summed E-state index contributed by atoms with van der Waals surface area (Å²) in [4.78, 5) is 4.91. The van der Waals surface area contributed by atoms with Crippen LogP contribution in [-0.4, -0.2) is 44.2 Å². The van der Waals surface area contributed by atoms with Gasteiger partial charge in [-0.1, -0.05) is 18.2 Å². The lowest BCUT2D eigenvalue weighted by Crippen LogP contribution is -2.46. The van der Waals surface area contributed by atoms with Gasteiger partial charge in [-0.05, 0) is 61.1 Å². The van der Waals surface area contributed by atoms with E-state index >= 15 is 0 Å². The molecule has 146 valence electrons. The van der Waals surface area contributed by atoms with E-state index < -0.39 is 0 Å². The van der Waals surface area contributed by atoms with Gasteiger partial charge in [0.2, 0.25) is 0 Å². The fourth-order valence-electron chi connectivity index (χ4n) is 4.02. The number of rotatable bonds is 6. The van der Waals surface area contributed by atoms with Gasteiger partial charge in [0.1, 0.15) is 0 Å². The summed E-state index contributed by atoms with van der Waals surface area (Å²) in [5.41, 5.74) is 3.73. The van der Waals surface area contributed by atoms with E-state index in [1.165, 1.54) is 11.3 Å². The Kier molecular flexibility index (Phi) is 6.97. The molecule has 0 spiro atoms. The van der Waals surface area contributed by atoms with Crippen molar-refractivity contribution in [2.45, 2.75) is 25.7 Å². The summed E-state index contributed by atoms with van der Waals surface area (Å²) in [6, 6.07) is 14.2. The van der Waals surface area contributed by atoms with Crippen LogP contribution in [0.5, 0.6) is 5.75 Å². The van der Waals surface area contributed by atoms with Gasteiger partial charge < -0.3 is 9.64 Å². The van der Waals surface area contributed by atoms with E-state index in [0.29, 0.717) is 12.4 Å². The molecular formula is C22H28ClFN2O. The van der Waals surface area contributed by atoms with Crippen molar-refractivity contribution in [1.29, 1.82) is 0 Å². The summed E-state index contributed by atoms with van der Waals surface area (Å²) in [6.07, 6.45) is 4.12. The monoisotopic (exact) mass is 390 g/mol. The van der Waals surface area contributed by atoms with Crippen LogP contribution in [0.4, 0.5) is 10.1 Å². The molecule has 1 aliphatic heterocycles. The lowest BCUT2D eigenvalue weighted by Gasteiger charge is -2.36. The molecule has 2 aliphatic rings. The Morgan fingerprint density at radius 2 is 1.63 bits per heavy atom. The molecular weight excluding hydrogens is 363 g/mol. The van der Waals surface area contributed by atoms with Crippen molar-refractivity contribution in [3.63, 3.8) is 0 Å². The highest BCUT2D eigenvalue weighted by molar-refractivity contribution is 5.85. The van der Waals surface area contributed by atoms with Gasteiger partial charge in [0.25, 0.3) is 0 Å². The molecule has 1 aliphatic carbocycles. The molecule has 0 radical (unpaired) electrons. The van der Waals surface area contributed by atoms with E-state index in [-0.39, 0.29) is 18.2 Å². The minimum absolute atomic E-state index is 0. The van der Waals surface area contributed by atoms with Crippen molar-refractivity contribution in [2.24, 2.45) is 0 Å². The lowest BCUT2D eigenvalue weighted by molar-refractivity contribution is 0.221. The first-order chi connectivity index (χ1) is 12.8. The van der Waals surface area contributed by atoms with Gasteiger partial charge in [0.05, 0.1) is 6.61 Å². The number of hydrogen-bond acceptors (Lipinski definition) is 3. The van der Waals surface area contributed by atoms with Crippen molar-refractivity contribution in [3.05, 3.63) is 59.4 Å². The topological polar surface area (TPSA) is 15.7 Å². The average molecular weight is 391 g/mol. The number of piperazine rings is 1. The number of nitrogens with zero attached hydrogens (tertiary/aromatic N) is 2. The predicted molar refractivity (Wildman–Crippen MR) is 111 cm³/mol. The van der Waals surface area contributed by atoms with Crippen LogP contribution in [0.1, 0.15) is 24.0 Å². The van der Waals surface area contributed by atoms with Crippen LogP contribution < -0.4 is 9.64 Å². The Labute approximate surface area is 167 Å². The smallest absolute Gasteiger partial charge is 0.165 e. The van der Waals surface area contributed by atoms with E-state index in [4.69, 9.17) is 4.74 Å². The van der Waals surface area contributed by atoms with E-state index in [1.807, 2.05) is 6.07 Å². The van der Waals surface area contributed by atoms with Gasteiger partial charge in [0.15, 0.2) is 11.6 Å². The molecule has 2 aromatic rings. The molecule has 3 nitrogen and oxygen atoms in total. The van der Waals surface area contributed by atoms with Gasteiger partial charge in [-0.15, -0.1) is 12.4 Å². The second-order valence-electron chi connectivity index (χ2n) is 7.27. The first-order valence-corrected chi connectivity index (χ1v) is 9.76. The molecule has 1 fully saturated rings. The maximum absolute atomic E-state index is 14.1. The number of benzene rings is 2. The number of aryl methyl sites for hydroxylation is 2. The minimum Gasteiger partial charge on any atom is -0.490 e. The Balaban J connectivity index is 0.00000210. The molecule has 0 aromatic heterocycles. The van der Waals surface area contributed by atoms with E-state index in [0.717, 1.165) is 64.0 Å². The zero-order valence-electron chi connectivity index (χ0n) is 15.7. The van der Waals surface area contributed by atoms with Crippen LogP contribution in [0, 0.1) is 5.82 Å². The second kappa shape index (κ2) is 9.43. The number of ether oxygens (including phenoxy) is 1. The largest absolute Gasteiger partial charge is 0.490 e. The average Bonchev–Trinajstić information content (AvgIpc) is 3.13. The molecule has 0 unspecified atom stereocenters. The minimum atomic E-state index is -0.206. The molecule has 2 aromatic carbocycles. The molecule has 0 amide bonds. The third-order valence-electron chi connectivity index (χ3n) is 5.52. The molecule has 0 saturated carbocycles. The number of anilines is 1. The molecule has 0 N–H and O–H groups in total. The second-order valence-corrected chi connectivity index (χ2v) is 7.27. The summed E-state index contributed by atoms with van der Waals surface area (Å²) in [6.45, 7) is 5.85. The maximum atomic E-state index is 14.1. The molecule has 1 heterocycles. The van der Waals surface area contributed by atoms with Crippen LogP contribution in [0.2, 0.25) is 0 Å². The van der Waals surface area contributed by atoms with Crippen molar-refractivity contribution >= 4 is 18.1 Å².